The lowest BCUT2D eigenvalue weighted by atomic mass is 10.1. The smallest absolute Gasteiger partial charge is 0.416 e. The molecule has 0 aromatic heterocycles. The first-order valence-electron chi connectivity index (χ1n) is 6.33. The lowest BCUT2D eigenvalue weighted by Crippen LogP contribution is -2.07. The number of benzene rings is 2. The fraction of sp³-hybridized carbons (Fsp3) is 0.133. The molecule has 0 aliphatic rings. The lowest BCUT2D eigenvalue weighted by molar-refractivity contribution is -0.385. The number of hydrogen-bond donors (Lipinski definition) is 0. The van der Waals surface area contributed by atoms with Crippen molar-refractivity contribution in [3.8, 4) is 11.5 Å². The second kappa shape index (κ2) is 6.07. The number of carbonyl (C=O) groups excluding carboxylic acids is 1. The van der Waals surface area contributed by atoms with Crippen LogP contribution < -0.4 is 4.74 Å². The number of nitro benzene ring substituents is 1. The molecule has 0 spiro atoms. The van der Waals surface area contributed by atoms with Gasteiger partial charge < -0.3 is 4.74 Å². The lowest BCUT2D eigenvalue weighted by Gasteiger charge is -2.13. The normalized spacial score (nSPS) is 11.1. The molecule has 0 bridgehead atoms. The van der Waals surface area contributed by atoms with E-state index >= 15 is 0 Å². The average Bonchev–Trinajstić information content (AvgIpc) is 2.46. The minimum absolute atomic E-state index is 0.101. The second-order valence-electron chi connectivity index (χ2n) is 4.59. The van der Waals surface area contributed by atoms with Crippen molar-refractivity contribution in [3.63, 3.8) is 0 Å². The Hall–Kier alpha value is -2.90. The Balaban J connectivity index is 2.54. The van der Waals surface area contributed by atoms with E-state index in [4.69, 9.17) is 4.74 Å². The summed E-state index contributed by atoms with van der Waals surface area (Å²) in [6, 6.07) is 7.59. The highest BCUT2D eigenvalue weighted by Crippen LogP contribution is 2.37. The van der Waals surface area contributed by atoms with E-state index in [2.05, 4.69) is 0 Å². The number of hydrogen-bond acceptors (Lipinski definition) is 4. The number of halogens is 3. The molecule has 0 aliphatic carbocycles. The number of nitrogens with zero attached hydrogens (tertiary/aromatic N) is 1. The van der Waals surface area contributed by atoms with E-state index in [1.54, 1.807) is 0 Å². The van der Waals surface area contributed by atoms with Crippen LogP contribution in [0.25, 0.3) is 0 Å². The summed E-state index contributed by atoms with van der Waals surface area (Å²) >= 11 is 0. The summed E-state index contributed by atoms with van der Waals surface area (Å²) in [5.41, 5.74) is -1.54. The number of carbonyl (C=O) groups is 1. The van der Waals surface area contributed by atoms with Gasteiger partial charge in [-0.3, -0.25) is 14.9 Å². The molecule has 0 saturated carbocycles. The maximum atomic E-state index is 12.8. The van der Waals surface area contributed by atoms with Gasteiger partial charge in [-0.25, -0.2) is 0 Å². The molecule has 120 valence electrons. The molecule has 5 nitrogen and oxygen atoms in total. The van der Waals surface area contributed by atoms with E-state index in [-0.39, 0.29) is 17.1 Å². The number of para-hydroxylation sites is 2. The third-order valence-corrected chi connectivity index (χ3v) is 2.97. The van der Waals surface area contributed by atoms with Crippen LogP contribution in [0, 0.1) is 10.1 Å². The molecule has 0 amide bonds. The zero-order valence-corrected chi connectivity index (χ0v) is 11.8. The van der Waals surface area contributed by atoms with Crippen LogP contribution in [0.4, 0.5) is 18.9 Å². The van der Waals surface area contributed by atoms with Crippen molar-refractivity contribution in [2.45, 2.75) is 13.1 Å². The van der Waals surface area contributed by atoms with Gasteiger partial charge in [0.05, 0.1) is 16.1 Å². The van der Waals surface area contributed by atoms with E-state index in [9.17, 15) is 28.1 Å². The van der Waals surface area contributed by atoms with Gasteiger partial charge in [-0.1, -0.05) is 12.1 Å². The van der Waals surface area contributed by atoms with E-state index in [1.807, 2.05) is 0 Å². The summed E-state index contributed by atoms with van der Waals surface area (Å²) in [7, 11) is 0. The van der Waals surface area contributed by atoms with Crippen molar-refractivity contribution >= 4 is 11.5 Å². The second-order valence-corrected chi connectivity index (χ2v) is 4.59. The first-order chi connectivity index (χ1) is 10.7. The molecule has 0 unspecified atom stereocenters. The fourth-order valence-electron chi connectivity index (χ4n) is 1.89. The Morgan fingerprint density at radius 2 is 1.78 bits per heavy atom. The molecule has 2 aromatic rings. The fourth-order valence-corrected chi connectivity index (χ4v) is 1.89. The molecular formula is C15H10F3NO4. The van der Waals surface area contributed by atoms with Gasteiger partial charge in [-0.2, -0.15) is 13.2 Å². The van der Waals surface area contributed by atoms with E-state index in [0.717, 1.165) is 25.1 Å². The Kier molecular flexibility index (Phi) is 4.35. The average molecular weight is 325 g/mol. The van der Waals surface area contributed by atoms with Crippen LogP contribution in [0.5, 0.6) is 11.5 Å². The third-order valence-electron chi connectivity index (χ3n) is 2.97. The molecule has 0 saturated heterocycles. The standard InChI is InChI=1S/C15H10F3NO4/c1-9(20)11-7-6-10(15(16,17)18)8-14(11)23-13-5-3-2-4-12(13)19(21)22/h2-8H,1H3. The Morgan fingerprint density at radius 3 is 2.35 bits per heavy atom. The van der Waals surface area contributed by atoms with Crippen LogP contribution in [0.1, 0.15) is 22.8 Å². The summed E-state index contributed by atoms with van der Waals surface area (Å²) in [4.78, 5) is 21.8. The first-order valence-corrected chi connectivity index (χ1v) is 6.33. The molecule has 0 atom stereocenters. The largest absolute Gasteiger partial charge is 0.449 e. The minimum atomic E-state index is -4.63. The van der Waals surface area contributed by atoms with Gasteiger partial charge in [0.25, 0.3) is 0 Å². The van der Waals surface area contributed by atoms with Crippen molar-refractivity contribution in [1.82, 2.24) is 0 Å². The number of ether oxygens (including phenoxy) is 1. The molecule has 0 aliphatic heterocycles. The monoisotopic (exact) mass is 325 g/mol. The highest BCUT2D eigenvalue weighted by Gasteiger charge is 2.32. The molecule has 8 heteroatoms. The van der Waals surface area contributed by atoms with Crippen molar-refractivity contribution in [2.75, 3.05) is 0 Å². The predicted octanol–water partition coefficient (Wildman–Crippen LogP) is 4.61. The van der Waals surface area contributed by atoms with Crippen molar-refractivity contribution in [3.05, 3.63) is 63.7 Å². The van der Waals surface area contributed by atoms with Crippen LogP contribution in [-0.2, 0) is 6.18 Å². The topological polar surface area (TPSA) is 69.4 Å². The van der Waals surface area contributed by atoms with E-state index < -0.39 is 28.1 Å². The minimum Gasteiger partial charge on any atom is -0.449 e. The summed E-state index contributed by atoms with van der Waals surface area (Å²) in [6.07, 6.45) is -4.63. The maximum Gasteiger partial charge on any atom is 0.416 e. The van der Waals surface area contributed by atoms with Crippen molar-refractivity contribution in [2.24, 2.45) is 0 Å². The van der Waals surface area contributed by atoms with Crippen LogP contribution >= 0.6 is 0 Å². The Bertz CT molecular complexity index is 772. The van der Waals surface area contributed by atoms with Crippen LogP contribution in [0.15, 0.2) is 42.5 Å². The Morgan fingerprint density at radius 1 is 1.13 bits per heavy atom. The summed E-state index contributed by atoms with van der Waals surface area (Å²) < 4.78 is 43.6. The molecular weight excluding hydrogens is 315 g/mol. The summed E-state index contributed by atoms with van der Waals surface area (Å²) in [5, 5.41) is 10.9. The summed E-state index contributed by atoms with van der Waals surface area (Å²) in [6.45, 7) is 1.16. The van der Waals surface area contributed by atoms with Crippen LogP contribution in [0.2, 0.25) is 0 Å². The number of nitro groups is 1. The van der Waals surface area contributed by atoms with Gasteiger partial charge >= 0.3 is 11.9 Å². The van der Waals surface area contributed by atoms with Gasteiger partial charge in [0.2, 0.25) is 5.75 Å². The summed E-state index contributed by atoms with van der Waals surface area (Å²) in [5.74, 6) is -1.16. The van der Waals surface area contributed by atoms with Gasteiger partial charge in [-0.15, -0.1) is 0 Å². The van der Waals surface area contributed by atoms with Crippen LogP contribution in [-0.4, -0.2) is 10.7 Å². The van der Waals surface area contributed by atoms with Crippen LogP contribution in [0.3, 0.4) is 0 Å². The molecule has 2 rings (SSSR count). The van der Waals surface area contributed by atoms with Crippen molar-refractivity contribution < 1.29 is 27.6 Å². The number of Topliss-reactive ketones (excluding diaryl/α,β-unsaturated/α-hetero) is 1. The molecule has 0 N–H and O–H groups in total. The molecule has 2 aromatic carbocycles. The number of rotatable bonds is 4. The Labute approximate surface area is 128 Å². The van der Waals surface area contributed by atoms with Gasteiger partial charge in [0.15, 0.2) is 5.78 Å². The van der Waals surface area contributed by atoms with E-state index in [0.29, 0.717) is 6.07 Å². The number of ketones is 1. The van der Waals surface area contributed by atoms with E-state index in [1.165, 1.54) is 18.2 Å². The zero-order chi connectivity index (χ0) is 17.2. The van der Waals surface area contributed by atoms with Gasteiger partial charge in [-0.05, 0) is 31.2 Å². The molecule has 23 heavy (non-hydrogen) atoms. The SMILES string of the molecule is CC(=O)c1ccc(C(F)(F)F)cc1Oc1ccccc1[N+](=O)[O-]. The zero-order valence-electron chi connectivity index (χ0n) is 11.8. The van der Waals surface area contributed by atoms with Gasteiger partial charge in [0, 0.05) is 6.07 Å². The third kappa shape index (κ3) is 3.65. The van der Waals surface area contributed by atoms with Gasteiger partial charge in [0.1, 0.15) is 5.75 Å². The predicted molar refractivity (Wildman–Crippen MR) is 74.6 cm³/mol. The first kappa shape index (κ1) is 16.5. The highest BCUT2D eigenvalue weighted by atomic mass is 19.4. The number of alkyl halides is 3. The van der Waals surface area contributed by atoms with Crippen molar-refractivity contribution in [1.29, 1.82) is 0 Å². The quantitative estimate of drug-likeness (QED) is 0.468. The molecule has 0 fully saturated rings. The molecule has 0 radical (unpaired) electrons. The molecule has 0 heterocycles. The maximum absolute atomic E-state index is 12.8. The highest BCUT2D eigenvalue weighted by molar-refractivity contribution is 5.97.